The van der Waals surface area contributed by atoms with Crippen LogP contribution in [0.25, 0.3) is 6.08 Å². The average molecular weight is 351 g/mol. The van der Waals surface area contributed by atoms with Gasteiger partial charge in [0.25, 0.3) is 5.69 Å². The fourth-order valence-corrected chi connectivity index (χ4v) is 2.08. The number of rotatable bonds is 5. The van der Waals surface area contributed by atoms with Gasteiger partial charge in [0.05, 0.1) is 15.0 Å². The van der Waals surface area contributed by atoms with E-state index in [1.54, 1.807) is 36.4 Å². The molecule has 23 heavy (non-hydrogen) atoms. The average Bonchev–Trinajstić information content (AvgIpc) is 2.54. The minimum atomic E-state index is -0.470. The van der Waals surface area contributed by atoms with Gasteiger partial charge in [-0.25, -0.2) is 0 Å². The highest BCUT2D eigenvalue weighted by Gasteiger charge is 2.04. The molecule has 0 saturated heterocycles. The van der Waals surface area contributed by atoms with Crippen molar-refractivity contribution in [1.29, 1.82) is 0 Å². The molecule has 0 aliphatic rings. The van der Waals surface area contributed by atoms with Gasteiger partial charge in [0.2, 0.25) is 5.91 Å². The maximum absolute atomic E-state index is 11.8. The lowest BCUT2D eigenvalue weighted by Crippen LogP contribution is -2.20. The van der Waals surface area contributed by atoms with Crippen LogP contribution >= 0.6 is 23.2 Å². The van der Waals surface area contributed by atoms with E-state index in [2.05, 4.69) is 5.32 Å². The highest BCUT2D eigenvalue weighted by molar-refractivity contribution is 6.42. The van der Waals surface area contributed by atoms with E-state index in [0.29, 0.717) is 10.0 Å². The summed E-state index contributed by atoms with van der Waals surface area (Å²) < 4.78 is 0. The molecule has 0 aliphatic heterocycles. The highest BCUT2D eigenvalue weighted by atomic mass is 35.5. The summed E-state index contributed by atoms with van der Waals surface area (Å²) in [6, 6.07) is 11.0. The standard InChI is InChI=1S/C16H12Cl2N2O3/c17-14-7-3-11(9-15(14)18)4-8-16(21)19-10-12-1-5-13(6-2-12)20(22)23/h1-9H,10H2,(H,19,21)/b8-4+. The second-order valence-corrected chi connectivity index (χ2v) is 5.46. The molecule has 0 saturated carbocycles. The third kappa shape index (κ3) is 5.09. The molecule has 0 unspecified atom stereocenters. The zero-order valence-electron chi connectivity index (χ0n) is 11.8. The summed E-state index contributed by atoms with van der Waals surface area (Å²) in [5.74, 6) is -0.283. The topological polar surface area (TPSA) is 72.2 Å². The van der Waals surface area contributed by atoms with E-state index in [1.165, 1.54) is 18.2 Å². The minimum Gasteiger partial charge on any atom is -0.348 e. The van der Waals surface area contributed by atoms with Crippen LogP contribution in [-0.4, -0.2) is 10.8 Å². The normalized spacial score (nSPS) is 10.7. The number of nitro groups is 1. The van der Waals surface area contributed by atoms with Crippen LogP contribution in [0.2, 0.25) is 10.0 Å². The third-order valence-electron chi connectivity index (χ3n) is 2.98. The van der Waals surface area contributed by atoms with Crippen LogP contribution in [-0.2, 0) is 11.3 Å². The predicted octanol–water partition coefficient (Wildman–Crippen LogP) is 4.23. The number of amides is 1. The summed E-state index contributed by atoms with van der Waals surface area (Å²) in [6.45, 7) is 0.280. The number of carbonyl (C=O) groups is 1. The van der Waals surface area contributed by atoms with Gasteiger partial charge in [0.15, 0.2) is 0 Å². The number of halogens is 2. The van der Waals surface area contributed by atoms with Gasteiger partial charge in [-0.3, -0.25) is 14.9 Å². The van der Waals surface area contributed by atoms with Crippen molar-refractivity contribution < 1.29 is 9.72 Å². The van der Waals surface area contributed by atoms with Crippen LogP contribution in [0.15, 0.2) is 48.5 Å². The zero-order valence-corrected chi connectivity index (χ0v) is 13.3. The maximum atomic E-state index is 11.8. The molecule has 0 bridgehead atoms. The van der Waals surface area contributed by atoms with Gasteiger partial charge in [-0.05, 0) is 29.3 Å². The molecule has 1 N–H and O–H groups in total. The van der Waals surface area contributed by atoms with Gasteiger partial charge in [-0.1, -0.05) is 41.4 Å². The fourth-order valence-electron chi connectivity index (χ4n) is 1.77. The Balaban J connectivity index is 1.90. The van der Waals surface area contributed by atoms with Gasteiger partial charge >= 0.3 is 0 Å². The molecule has 2 rings (SSSR count). The molecule has 0 aromatic heterocycles. The van der Waals surface area contributed by atoms with Crippen LogP contribution in [0.1, 0.15) is 11.1 Å². The van der Waals surface area contributed by atoms with Crippen LogP contribution < -0.4 is 5.32 Å². The number of nitrogens with one attached hydrogen (secondary N) is 1. The first-order valence-electron chi connectivity index (χ1n) is 6.60. The molecule has 118 valence electrons. The molecule has 0 spiro atoms. The molecule has 5 nitrogen and oxygen atoms in total. The number of hydrogen-bond acceptors (Lipinski definition) is 3. The van der Waals surface area contributed by atoms with E-state index in [4.69, 9.17) is 23.2 Å². The molecular formula is C16H12Cl2N2O3. The van der Waals surface area contributed by atoms with Crippen LogP contribution in [0, 0.1) is 10.1 Å². The van der Waals surface area contributed by atoms with Crippen molar-refractivity contribution in [3.63, 3.8) is 0 Å². The van der Waals surface area contributed by atoms with E-state index in [0.717, 1.165) is 11.1 Å². The summed E-state index contributed by atoms with van der Waals surface area (Å²) >= 11 is 11.7. The smallest absolute Gasteiger partial charge is 0.269 e. The number of nitrogens with zero attached hydrogens (tertiary/aromatic N) is 1. The van der Waals surface area contributed by atoms with Crippen molar-refractivity contribution in [2.45, 2.75) is 6.54 Å². The molecule has 0 fully saturated rings. The Bertz CT molecular complexity index is 758. The maximum Gasteiger partial charge on any atom is 0.269 e. The van der Waals surface area contributed by atoms with Crippen LogP contribution in [0.5, 0.6) is 0 Å². The van der Waals surface area contributed by atoms with Crippen molar-refractivity contribution in [2.24, 2.45) is 0 Å². The van der Waals surface area contributed by atoms with Gasteiger partial charge in [-0.15, -0.1) is 0 Å². The third-order valence-corrected chi connectivity index (χ3v) is 3.72. The molecule has 1 amide bonds. The number of non-ortho nitro benzene ring substituents is 1. The number of nitro benzene ring substituents is 1. The van der Waals surface area contributed by atoms with Crippen LogP contribution in [0.3, 0.4) is 0 Å². The van der Waals surface area contributed by atoms with Crippen molar-refractivity contribution in [3.8, 4) is 0 Å². The molecule has 7 heteroatoms. The quantitative estimate of drug-likeness (QED) is 0.498. The Morgan fingerprint density at radius 3 is 2.43 bits per heavy atom. The van der Waals surface area contributed by atoms with E-state index < -0.39 is 4.92 Å². The molecule has 2 aromatic carbocycles. The second kappa shape index (κ2) is 7.76. The lowest BCUT2D eigenvalue weighted by Gasteiger charge is -2.02. The summed E-state index contributed by atoms with van der Waals surface area (Å²) in [7, 11) is 0. The summed E-state index contributed by atoms with van der Waals surface area (Å²) in [6.07, 6.45) is 3.00. The van der Waals surface area contributed by atoms with E-state index in [9.17, 15) is 14.9 Å². The minimum absolute atomic E-state index is 0.0135. The Kier molecular flexibility index (Phi) is 5.73. The van der Waals surface area contributed by atoms with Crippen molar-refractivity contribution in [2.75, 3.05) is 0 Å². The monoisotopic (exact) mass is 350 g/mol. The Morgan fingerprint density at radius 2 is 1.83 bits per heavy atom. The number of hydrogen-bond donors (Lipinski definition) is 1. The first-order chi connectivity index (χ1) is 11.0. The first-order valence-corrected chi connectivity index (χ1v) is 7.35. The van der Waals surface area contributed by atoms with Crippen molar-refractivity contribution >= 4 is 40.9 Å². The molecule has 0 atom stereocenters. The predicted molar refractivity (Wildman–Crippen MR) is 90.4 cm³/mol. The first kappa shape index (κ1) is 17.0. The van der Waals surface area contributed by atoms with Gasteiger partial charge in [0, 0.05) is 24.8 Å². The van der Waals surface area contributed by atoms with Gasteiger partial charge in [0.1, 0.15) is 0 Å². The lowest BCUT2D eigenvalue weighted by atomic mass is 10.2. The van der Waals surface area contributed by atoms with E-state index in [-0.39, 0.29) is 18.1 Å². The second-order valence-electron chi connectivity index (χ2n) is 4.65. The molecule has 0 heterocycles. The molecule has 2 aromatic rings. The molecular weight excluding hydrogens is 339 g/mol. The summed E-state index contributed by atoms with van der Waals surface area (Å²) in [5.41, 5.74) is 1.54. The van der Waals surface area contributed by atoms with E-state index in [1.807, 2.05) is 0 Å². The lowest BCUT2D eigenvalue weighted by molar-refractivity contribution is -0.384. The van der Waals surface area contributed by atoms with Gasteiger partial charge in [-0.2, -0.15) is 0 Å². The summed E-state index contributed by atoms with van der Waals surface area (Å²) in [5, 5.41) is 14.1. The molecule has 0 radical (unpaired) electrons. The highest BCUT2D eigenvalue weighted by Crippen LogP contribution is 2.23. The van der Waals surface area contributed by atoms with E-state index >= 15 is 0 Å². The SMILES string of the molecule is O=C(/C=C/c1ccc(Cl)c(Cl)c1)NCc1ccc([N+](=O)[O-])cc1. The largest absolute Gasteiger partial charge is 0.348 e. The number of carbonyl (C=O) groups excluding carboxylic acids is 1. The van der Waals surface area contributed by atoms with Crippen molar-refractivity contribution in [3.05, 3.63) is 79.8 Å². The Morgan fingerprint density at radius 1 is 1.13 bits per heavy atom. The Hall–Kier alpha value is -2.37. The fraction of sp³-hybridized carbons (Fsp3) is 0.0625. The molecule has 0 aliphatic carbocycles. The Labute approximate surface area is 142 Å². The summed E-state index contributed by atoms with van der Waals surface area (Å²) in [4.78, 5) is 21.8. The number of benzene rings is 2. The van der Waals surface area contributed by atoms with Crippen LogP contribution in [0.4, 0.5) is 5.69 Å². The van der Waals surface area contributed by atoms with Crippen molar-refractivity contribution in [1.82, 2.24) is 5.32 Å². The van der Waals surface area contributed by atoms with Gasteiger partial charge < -0.3 is 5.32 Å². The zero-order chi connectivity index (χ0) is 16.8.